The van der Waals surface area contributed by atoms with Gasteiger partial charge >= 0.3 is 0 Å². The van der Waals surface area contributed by atoms with Crippen molar-refractivity contribution in [1.29, 1.82) is 0 Å². The molecule has 0 fully saturated rings. The molecule has 1 atom stereocenters. The molecule has 0 saturated carbocycles. The Morgan fingerprint density at radius 2 is 1.83 bits per heavy atom. The number of rotatable bonds is 7. The quantitative estimate of drug-likeness (QED) is 0.376. The van der Waals surface area contributed by atoms with E-state index < -0.39 is 5.25 Å². The van der Waals surface area contributed by atoms with E-state index in [1.54, 1.807) is 37.3 Å². The van der Waals surface area contributed by atoms with Crippen LogP contribution < -0.4 is 16.0 Å². The molecule has 11 heteroatoms. The van der Waals surface area contributed by atoms with Gasteiger partial charge in [-0.15, -0.1) is 10.2 Å². The standard InChI is InChI=1S/C19H17Cl2N5O2S2/c1-10(17(28)24-16-8-12(20)6-7-15(16)21)29-19-26-25-18(30-19)23-14-5-3-4-13(9-14)22-11(2)27/h3-10H,1-2H3,(H,22,27)(H,23,25)(H,24,28). The molecule has 0 aliphatic rings. The molecule has 3 N–H and O–H groups in total. The largest absolute Gasteiger partial charge is 0.330 e. The summed E-state index contributed by atoms with van der Waals surface area (Å²) in [4.78, 5) is 23.7. The summed E-state index contributed by atoms with van der Waals surface area (Å²) in [6, 6.07) is 12.1. The molecule has 1 unspecified atom stereocenters. The van der Waals surface area contributed by atoms with Gasteiger partial charge in [-0.1, -0.05) is 52.4 Å². The van der Waals surface area contributed by atoms with Crippen molar-refractivity contribution in [1.82, 2.24) is 10.2 Å². The summed E-state index contributed by atoms with van der Waals surface area (Å²) in [6.45, 7) is 3.22. The van der Waals surface area contributed by atoms with Crippen LogP contribution in [0.3, 0.4) is 0 Å². The fourth-order valence-corrected chi connectivity index (χ4v) is 4.59. The Labute approximate surface area is 191 Å². The minimum Gasteiger partial charge on any atom is -0.330 e. The van der Waals surface area contributed by atoms with Crippen molar-refractivity contribution in [2.24, 2.45) is 0 Å². The van der Waals surface area contributed by atoms with Crippen molar-refractivity contribution in [3.63, 3.8) is 0 Å². The number of hydrogen-bond donors (Lipinski definition) is 3. The zero-order valence-electron chi connectivity index (χ0n) is 15.9. The molecular weight excluding hydrogens is 465 g/mol. The molecule has 3 rings (SSSR count). The Kier molecular flexibility index (Phi) is 7.54. The van der Waals surface area contributed by atoms with Crippen LogP contribution in [0.4, 0.5) is 22.2 Å². The number of carbonyl (C=O) groups is 2. The highest BCUT2D eigenvalue weighted by Crippen LogP contribution is 2.32. The number of amides is 2. The fraction of sp³-hybridized carbons (Fsp3) is 0.158. The molecule has 1 aromatic heterocycles. The van der Waals surface area contributed by atoms with Crippen molar-refractivity contribution in [3.8, 4) is 0 Å². The van der Waals surface area contributed by atoms with Crippen LogP contribution in [0.25, 0.3) is 0 Å². The Morgan fingerprint density at radius 1 is 1.07 bits per heavy atom. The predicted octanol–water partition coefficient (Wildman–Crippen LogP) is 5.67. The number of aromatic nitrogens is 2. The summed E-state index contributed by atoms with van der Waals surface area (Å²) < 4.78 is 0.635. The van der Waals surface area contributed by atoms with E-state index in [2.05, 4.69) is 26.1 Å². The van der Waals surface area contributed by atoms with Crippen molar-refractivity contribution >= 4 is 80.3 Å². The van der Waals surface area contributed by atoms with Gasteiger partial charge in [-0.2, -0.15) is 0 Å². The average molecular weight is 482 g/mol. The number of halogens is 2. The zero-order valence-corrected chi connectivity index (χ0v) is 19.0. The lowest BCUT2D eigenvalue weighted by Crippen LogP contribution is -2.22. The van der Waals surface area contributed by atoms with Crippen LogP contribution in [0.5, 0.6) is 0 Å². The number of thioether (sulfide) groups is 1. The van der Waals surface area contributed by atoms with E-state index in [9.17, 15) is 9.59 Å². The average Bonchev–Trinajstić information content (AvgIpc) is 3.11. The van der Waals surface area contributed by atoms with Crippen LogP contribution >= 0.6 is 46.3 Å². The third kappa shape index (κ3) is 6.33. The predicted molar refractivity (Wildman–Crippen MR) is 124 cm³/mol. The molecule has 7 nitrogen and oxygen atoms in total. The number of hydrogen-bond acceptors (Lipinski definition) is 7. The Bertz CT molecular complexity index is 1080. The van der Waals surface area contributed by atoms with E-state index in [1.807, 2.05) is 12.1 Å². The molecule has 2 aromatic carbocycles. The van der Waals surface area contributed by atoms with Gasteiger partial charge in [-0.25, -0.2) is 0 Å². The first-order valence-corrected chi connectivity index (χ1v) is 11.2. The zero-order chi connectivity index (χ0) is 21.7. The summed E-state index contributed by atoms with van der Waals surface area (Å²) >= 11 is 14.7. The molecule has 2 amide bonds. The number of nitrogens with zero attached hydrogens (tertiary/aromatic N) is 2. The van der Waals surface area contributed by atoms with Gasteiger partial charge < -0.3 is 16.0 Å². The van der Waals surface area contributed by atoms with Gasteiger partial charge in [0.15, 0.2) is 4.34 Å². The third-order valence-corrected chi connectivity index (χ3v) is 6.26. The summed E-state index contributed by atoms with van der Waals surface area (Å²) in [5.74, 6) is -0.370. The molecule has 156 valence electrons. The number of nitrogens with one attached hydrogen (secondary N) is 3. The Hall–Kier alpha value is -2.33. The van der Waals surface area contributed by atoms with Gasteiger partial charge in [0.2, 0.25) is 16.9 Å². The SMILES string of the molecule is CC(=O)Nc1cccc(Nc2nnc(SC(C)C(=O)Nc3cc(Cl)ccc3Cl)s2)c1. The summed E-state index contributed by atoms with van der Waals surface area (Å²) in [6.07, 6.45) is 0. The molecule has 0 saturated heterocycles. The molecule has 0 spiro atoms. The van der Waals surface area contributed by atoms with E-state index in [0.29, 0.717) is 30.9 Å². The van der Waals surface area contributed by atoms with Crippen molar-refractivity contribution < 1.29 is 9.59 Å². The van der Waals surface area contributed by atoms with E-state index in [-0.39, 0.29) is 11.8 Å². The summed E-state index contributed by atoms with van der Waals surface area (Å²) in [5, 5.41) is 17.9. The van der Waals surface area contributed by atoms with E-state index in [1.165, 1.54) is 30.0 Å². The lowest BCUT2D eigenvalue weighted by atomic mass is 10.3. The van der Waals surface area contributed by atoms with Crippen LogP contribution in [-0.2, 0) is 9.59 Å². The van der Waals surface area contributed by atoms with E-state index in [4.69, 9.17) is 23.2 Å². The maximum absolute atomic E-state index is 12.5. The molecule has 1 heterocycles. The van der Waals surface area contributed by atoms with Gasteiger partial charge in [-0.05, 0) is 43.3 Å². The normalized spacial score (nSPS) is 11.6. The molecule has 30 heavy (non-hydrogen) atoms. The molecule has 0 aliphatic heterocycles. The second kappa shape index (κ2) is 10.1. The lowest BCUT2D eigenvalue weighted by Gasteiger charge is -2.11. The second-order valence-corrected chi connectivity index (χ2v) is 9.54. The Balaban J connectivity index is 1.60. The maximum Gasteiger partial charge on any atom is 0.237 e. The monoisotopic (exact) mass is 481 g/mol. The first-order valence-electron chi connectivity index (χ1n) is 8.71. The van der Waals surface area contributed by atoms with Crippen LogP contribution in [0.2, 0.25) is 10.0 Å². The molecule has 0 bridgehead atoms. The van der Waals surface area contributed by atoms with Gasteiger partial charge in [0, 0.05) is 23.3 Å². The van der Waals surface area contributed by atoms with Gasteiger partial charge in [-0.3, -0.25) is 9.59 Å². The van der Waals surface area contributed by atoms with E-state index in [0.717, 1.165) is 5.69 Å². The smallest absolute Gasteiger partial charge is 0.237 e. The minimum atomic E-state index is -0.427. The highest BCUT2D eigenvalue weighted by molar-refractivity contribution is 8.02. The van der Waals surface area contributed by atoms with Crippen LogP contribution in [0.1, 0.15) is 13.8 Å². The lowest BCUT2D eigenvalue weighted by molar-refractivity contribution is -0.115. The molecule has 0 radical (unpaired) electrons. The first kappa shape index (κ1) is 22.4. The van der Waals surface area contributed by atoms with Crippen LogP contribution in [-0.4, -0.2) is 27.3 Å². The summed E-state index contributed by atoms with van der Waals surface area (Å²) in [5.41, 5.74) is 1.90. The van der Waals surface area contributed by atoms with Gasteiger partial charge in [0.25, 0.3) is 0 Å². The Morgan fingerprint density at radius 3 is 2.60 bits per heavy atom. The van der Waals surface area contributed by atoms with E-state index >= 15 is 0 Å². The minimum absolute atomic E-state index is 0.145. The van der Waals surface area contributed by atoms with Gasteiger partial charge in [0.1, 0.15) is 0 Å². The molecular formula is C19H17Cl2N5O2S2. The van der Waals surface area contributed by atoms with Crippen molar-refractivity contribution in [2.45, 2.75) is 23.4 Å². The highest BCUT2D eigenvalue weighted by atomic mass is 35.5. The fourth-order valence-electron chi connectivity index (χ4n) is 2.34. The first-order chi connectivity index (χ1) is 14.3. The topological polar surface area (TPSA) is 96.0 Å². The summed E-state index contributed by atoms with van der Waals surface area (Å²) in [7, 11) is 0. The third-order valence-electron chi connectivity index (χ3n) is 3.67. The number of anilines is 4. The number of benzene rings is 2. The van der Waals surface area contributed by atoms with Crippen molar-refractivity contribution in [3.05, 3.63) is 52.5 Å². The van der Waals surface area contributed by atoms with Gasteiger partial charge in [0.05, 0.1) is 16.0 Å². The maximum atomic E-state index is 12.5. The van der Waals surface area contributed by atoms with Crippen molar-refractivity contribution in [2.75, 3.05) is 16.0 Å². The number of carbonyl (C=O) groups excluding carboxylic acids is 2. The van der Waals surface area contributed by atoms with Crippen LogP contribution in [0, 0.1) is 0 Å². The highest BCUT2D eigenvalue weighted by Gasteiger charge is 2.18. The molecule has 3 aromatic rings. The molecule has 0 aliphatic carbocycles. The second-order valence-electron chi connectivity index (χ2n) is 6.13. The van der Waals surface area contributed by atoms with Crippen LogP contribution in [0.15, 0.2) is 46.8 Å².